The largest absolute Gasteiger partial charge is 0.346 e. The lowest BCUT2D eigenvalue weighted by molar-refractivity contribution is -0.134. The maximum absolute atomic E-state index is 12.0. The number of carbonyl (C=O) groups excluding carboxylic acids is 2. The Bertz CT molecular complexity index is 325. The fourth-order valence-electron chi connectivity index (χ4n) is 2.28. The summed E-state index contributed by atoms with van der Waals surface area (Å²) in [4.78, 5) is 28.0. The number of nitrogens with zero attached hydrogens (tertiary/aromatic N) is 2. The molecule has 0 radical (unpaired) electrons. The van der Waals surface area contributed by atoms with Gasteiger partial charge in [0.1, 0.15) is 0 Å². The van der Waals surface area contributed by atoms with Crippen LogP contribution in [0.5, 0.6) is 0 Å². The number of hydrogen-bond acceptors (Lipinski definition) is 4. The molecule has 1 heterocycles. The molecule has 20 heavy (non-hydrogen) atoms. The first-order valence-electron chi connectivity index (χ1n) is 7.35. The van der Waals surface area contributed by atoms with Gasteiger partial charge in [-0.3, -0.25) is 9.59 Å². The molecule has 6 heteroatoms. The molecule has 116 valence electrons. The van der Waals surface area contributed by atoms with Crippen LogP contribution in [-0.4, -0.2) is 74.5 Å². The molecular weight excluding hydrogens is 256 g/mol. The third kappa shape index (κ3) is 5.46. The second-order valence-corrected chi connectivity index (χ2v) is 5.87. The minimum absolute atomic E-state index is 0.00542. The predicted octanol–water partition coefficient (Wildman–Crippen LogP) is -0.489. The summed E-state index contributed by atoms with van der Waals surface area (Å²) in [6.07, 6.45) is 0.769. The Labute approximate surface area is 121 Å². The van der Waals surface area contributed by atoms with Gasteiger partial charge in [0.05, 0.1) is 12.6 Å². The smallest absolute Gasteiger partial charge is 0.242 e. The van der Waals surface area contributed by atoms with Gasteiger partial charge >= 0.3 is 0 Å². The van der Waals surface area contributed by atoms with Crippen LogP contribution in [0, 0.1) is 5.92 Å². The third-order valence-corrected chi connectivity index (χ3v) is 3.64. The summed E-state index contributed by atoms with van der Waals surface area (Å²) in [5, 5.41) is 5.74. The minimum atomic E-state index is -0.227. The van der Waals surface area contributed by atoms with E-state index in [0.717, 1.165) is 32.6 Å². The van der Waals surface area contributed by atoms with Crippen molar-refractivity contribution >= 4 is 11.8 Å². The van der Waals surface area contributed by atoms with Crippen molar-refractivity contribution in [3.8, 4) is 0 Å². The lowest BCUT2D eigenvalue weighted by Crippen LogP contribution is -2.51. The van der Waals surface area contributed by atoms with E-state index in [1.54, 1.807) is 7.05 Å². The summed E-state index contributed by atoms with van der Waals surface area (Å²) in [5.41, 5.74) is 0. The Hall–Kier alpha value is -1.14. The molecule has 0 aromatic carbocycles. The number of rotatable bonds is 6. The Balaban J connectivity index is 2.34. The van der Waals surface area contributed by atoms with E-state index in [-0.39, 0.29) is 24.4 Å². The molecular formula is C14H28N4O2. The van der Waals surface area contributed by atoms with Gasteiger partial charge in [-0.2, -0.15) is 0 Å². The highest BCUT2D eigenvalue weighted by Crippen LogP contribution is 2.04. The van der Waals surface area contributed by atoms with Crippen LogP contribution in [0.1, 0.15) is 20.3 Å². The highest BCUT2D eigenvalue weighted by molar-refractivity contribution is 5.87. The number of likely N-dealkylation sites (N-methyl/N-ethyl adjacent to an activating group) is 2. The van der Waals surface area contributed by atoms with Gasteiger partial charge < -0.3 is 20.4 Å². The predicted molar refractivity (Wildman–Crippen MR) is 79.4 cm³/mol. The highest BCUT2D eigenvalue weighted by Gasteiger charge is 2.21. The van der Waals surface area contributed by atoms with E-state index in [1.807, 2.05) is 11.9 Å². The SMILES string of the molecule is CNC(CC(C)C)C(=O)NCC(=O)N1CCN(C)CC1. The zero-order valence-electron chi connectivity index (χ0n) is 13.1. The summed E-state index contributed by atoms with van der Waals surface area (Å²) in [6, 6.07) is -0.227. The van der Waals surface area contributed by atoms with Crippen LogP contribution in [0.3, 0.4) is 0 Å². The van der Waals surface area contributed by atoms with Gasteiger partial charge in [-0.1, -0.05) is 13.8 Å². The van der Waals surface area contributed by atoms with Crippen molar-refractivity contribution in [2.45, 2.75) is 26.3 Å². The van der Waals surface area contributed by atoms with Crippen LogP contribution >= 0.6 is 0 Å². The highest BCUT2D eigenvalue weighted by atomic mass is 16.2. The van der Waals surface area contributed by atoms with Crippen molar-refractivity contribution in [3.05, 3.63) is 0 Å². The van der Waals surface area contributed by atoms with E-state index in [4.69, 9.17) is 0 Å². The number of piperazine rings is 1. The lowest BCUT2D eigenvalue weighted by atomic mass is 10.0. The van der Waals surface area contributed by atoms with Crippen LogP contribution in [0.15, 0.2) is 0 Å². The van der Waals surface area contributed by atoms with Crippen LogP contribution < -0.4 is 10.6 Å². The molecule has 0 aliphatic carbocycles. The number of amides is 2. The van der Waals surface area contributed by atoms with E-state index >= 15 is 0 Å². The van der Waals surface area contributed by atoms with Crippen molar-refractivity contribution < 1.29 is 9.59 Å². The third-order valence-electron chi connectivity index (χ3n) is 3.64. The Kier molecular flexibility index (Phi) is 6.95. The molecule has 2 amide bonds. The molecule has 0 bridgehead atoms. The molecule has 0 aromatic rings. The van der Waals surface area contributed by atoms with E-state index < -0.39 is 0 Å². The summed E-state index contributed by atoms with van der Waals surface area (Å²) >= 11 is 0. The second-order valence-electron chi connectivity index (χ2n) is 5.87. The van der Waals surface area contributed by atoms with E-state index in [9.17, 15) is 9.59 Å². The molecule has 1 aliphatic heterocycles. The number of carbonyl (C=O) groups is 2. The molecule has 1 atom stereocenters. The number of hydrogen-bond donors (Lipinski definition) is 2. The first-order chi connectivity index (χ1) is 9.43. The maximum atomic E-state index is 12.0. The average Bonchev–Trinajstić information content (AvgIpc) is 2.42. The Morgan fingerprint density at radius 2 is 1.75 bits per heavy atom. The summed E-state index contributed by atoms with van der Waals surface area (Å²) in [6.45, 7) is 7.52. The van der Waals surface area contributed by atoms with Gasteiger partial charge in [0.25, 0.3) is 0 Å². The van der Waals surface area contributed by atoms with Crippen molar-refractivity contribution in [2.75, 3.05) is 46.8 Å². The zero-order chi connectivity index (χ0) is 15.1. The molecule has 0 saturated carbocycles. The Morgan fingerprint density at radius 1 is 1.15 bits per heavy atom. The van der Waals surface area contributed by atoms with E-state index in [2.05, 4.69) is 29.4 Å². The van der Waals surface area contributed by atoms with Crippen LogP contribution in [0.4, 0.5) is 0 Å². The monoisotopic (exact) mass is 284 g/mol. The van der Waals surface area contributed by atoms with E-state index in [0.29, 0.717) is 5.92 Å². The van der Waals surface area contributed by atoms with Gasteiger partial charge in [-0.05, 0) is 26.4 Å². The van der Waals surface area contributed by atoms with Crippen LogP contribution in [0.2, 0.25) is 0 Å². The van der Waals surface area contributed by atoms with Gasteiger partial charge in [-0.15, -0.1) is 0 Å². The van der Waals surface area contributed by atoms with Gasteiger partial charge in [0, 0.05) is 26.2 Å². The molecule has 0 aromatic heterocycles. The molecule has 6 nitrogen and oxygen atoms in total. The maximum Gasteiger partial charge on any atom is 0.242 e. The average molecular weight is 284 g/mol. The minimum Gasteiger partial charge on any atom is -0.346 e. The fraction of sp³-hybridized carbons (Fsp3) is 0.857. The molecule has 1 fully saturated rings. The molecule has 1 rings (SSSR count). The second kappa shape index (κ2) is 8.21. The van der Waals surface area contributed by atoms with Crippen molar-refractivity contribution in [3.63, 3.8) is 0 Å². The lowest BCUT2D eigenvalue weighted by Gasteiger charge is -2.32. The van der Waals surface area contributed by atoms with Crippen molar-refractivity contribution in [1.82, 2.24) is 20.4 Å². The first-order valence-corrected chi connectivity index (χ1v) is 7.35. The molecule has 2 N–H and O–H groups in total. The quantitative estimate of drug-likeness (QED) is 0.691. The topological polar surface area (TPSA) is 64.7 Å². The molecule has 1 saturated heterocycles. The number of nitrogens with one attached hydrogen (secondary N) is 2. The molecule has 1 aliphatic rings. The summed E-state index contributed by atoms with van der Waals surface area (Å²) in [7, 11) is 3.82. The normalized spacial score (nSPS) is 18.1. The summed E-state index contributed by atoms with van der Waals surface area (Å²) in [5.74, 6) is 0.348. The summed E-state index contributed by atoms with van der Waals surface area (Å²) < 4.78 is 0. The van der Waals surface area contributed by atoms with Crippen LogP contribution in [0.25, 0.3) is 0 Å². The first kappa shape index (κ1) is 16.9. The Morgan fingerprint density at radius 3 is 2.25 bits per heavy atom. The fourth-order valence-corrected chi connectivity index (χ4v) is 2.28. The molecule has 0 spiro atoms. The van der Waals surface area contributed by atoms with Crippen molar-refractivity contribution in [2.24, 2.45) is 5.92 Å². The van der Waals surface area contributed by atoms with Crippen molar-refractivity contribution in [1.29, 1.82) is 0 Å². The zero-order valence-corrected chi connectivity index (χ0v) is 13.1. The van der Waals surface area contributed by atoms with Gasteiger partial charge in [0.15, 0.2) is 0 Å². The standard InChI is InChI=1S/C14H28N4O2/c1-11(2)9-12(15-3)14(20)16-10-13(19)18-7-5-17(4)6-8-18/h11-12,15H,5-10H2,1-4H3,(H,16,20). The van der Waals surface area contributed by atoms with Gasteiger partial charge in [0.2, 0.25) is 11.8 Å². The van der Waals surface area contributed by atoms with E-state index in [1.165, 1.54) is 0 Å². The van der Waals surface area contributed by atoms with Crippen LogP contribution in [-0.2, 0) is 9.59 Å². The molecule has 1 unspecified atom stereocenters. The van der Waals surface area contributed by atoms with Gasteiger partial charge in [-0.25, -0.2) is 0 Å².